The van der Waals surface area contributed by atoms with Crippen molar-refractivity contribution < 1.29 is 0 Å². The van der Waals surface area contributed by atoms with Crippen molar-refractivity contribution in [2.75, 3.05) is 0 Å². The van der Waals surface area contributed by atoms with Crippen LogP contribution in [-0.2, 0) is 0 Å². The largest absolute Gasteiger partial charge is 0.167 e. The lowest BCUT2D eigenvalue weighted by atomic mass is 9.87. The summed E-state index contributed by atoms with van der Waals surface area (Å²) in [5, 5.41) is 7.15. The third kappa shape index (κ3) is 7.44. The van der Waals surface area contributed by atoms with Crippen molar-refractivity contribution in [3.05, 3.63) is 11.6 Å². The molecule has 0 radical (unpaired) electrons. The number of nitrogens with zero attached hydrogens (tertiary/aromatic N) is 2. The van der Waals surface area contributed by atoms with E-state index in [9.17, 15) is 0 Å². The van der Waals surface area contributed by atoms with Gasteiger partial charge in [0.15, 0.2) is 0 Å². The van der Waals surface area contributed by atoms with Gasteiger partial charge in [0.2, 0.25) is 0 Å². The third-order valence-electron chi connectivity index (χ3n) is 1.46. The summed E-state index contributed by atoms with van der Waals surface area (Å²) < 4.78 is 0. The van der Waals surface area contributed by atoms with E-state index in [2.05, 4.69) is 37.7 Å². The standard InChI is InChI=1S/C9H16N2.C2H6/c1-6-8(7-11-10-5)9(2,3)4;1-2/h6-7H,5H2,1-4H3;1-2H3/b8-6+,11-7-;. The highest BCUT2D eigenvalue weighted by Gasteiger charge is 2.13. The van der Waals surface area contributed by atoms with Crippen LogP contribution in [0.4, 0.5) is 0 Å². The van der Waals surface area contributed by atoms with Gasteiger partial charge in [-0.1, -0.05) is 40.7 Å². The average Bonchev–Trinajstić information content (AvgIpc) is 2.07. The molecule has 0 unspecified atom stereocenters. The second-order valence-corrected chi connectivity index (χ2v) is 3.38. The Kier molecular flexibility index (Phi) is 8.66. The maximum Gasteiger partial charge on any atom is 0.0529 e. The predicted molar refractivity (Wildman–Crippen MR) is 62.6 cm³/mol. The van der Waals surface area contributed by atoms with Gasteiger partial charge in [0, 0.05) is 6.72 Å². The fourth-order valence-electron chi connectivity index (χ4n) is 0.804. The molecule has 0 heterocycles. The zero-order valence-electron chi connectivity index (χ0n) is 9.76. The third-order valence-corrected chi connectivity index (χ3v) is 1.46. The van der Waals surface area contributed by atoms with Gasteiger partial charge in [0.1, 0.15) is 0 Å². The monoisotopic (exact) mass is 182 g/mol. The molecule has 2 heteroatoms. The smallest absolute Gasteiger partial charge is 0.0529 e. The van der Waals surface area contributed by atoms with Gasteiger partial charge in [0.25, 0.3) is 0 Å². The van der Waals surface area contributed by atoms with Crippen LogP contribution in [0.25, 0.3) is 0 Å². The van der Waals surface area contributed by atoms with E-state index < -0.39 is 0 Å². The lowest BCUT2D eigenvalue weighted by molar-refractivity contribution is 0.525. The molecular formula is C11H22N2. The molecule has 0 aromatic rings. The molecule has 0 aliphatic carbocycles. The van der Waals surface area contributed by atoms with Crippen molar-refractivity contribution in [3.8, 4) is 0 Å². The Hall–Kier alpha value is -0.920. The van der Waals surface area contributed by atoms with E-state index in [0.717, 1.165) is 0 Å². The Bertz CT molecular complexity index is 183. The minimum Gasteiger partial charge on any atom is -0.167 e. The van der Waals surface area contributed by atoms with Gasteiger partial charge in [-0.25, -0.2) is 0 Å². The van der Waals surface area contributed by atoms with Gasteiger partial charge in [-0.3, -0.25) is 0 Å². The molecule has 0 rings (SSSR count). The number of rotatable bonds is 2. The Morgan fingerprint density at radius 1 is 1.23 bits per heavy atom. The van der Waals surface area contributed by atoms with Gasteiger partial charge in [-0.05, 0) is 17.9 Å². The van der Waals surface area contributed by atoms with E-state index in [1.54, 1.807) is 6.21 Å². The summed E-state index contributed by atoms with van der Waals surface area (Å²) in [5.74, 6) is 0. The molecular weight excluding hydrogens is 160 g/mol. The van der Waals surface area contributed by atoms with Crippen LogP contribution in [0.15, 0.2) is 21.9 Å². The molecule has 0 saturated carbocycles. The van der Waals surface area contributed by atoms with Crippen molar-refractivity contribution in [1.82, 2.24) is 0 Å². The second-order valence-electron chi connectivity index (χ2n) is 3.38. The minimum atomic E-state index is 0.142. The summed E-state index contributed by atoms with van der Waals surface area (Å²) in [4.78, 5) is 0. The Morgan fingerprint density at radius 3 is 1.92 bits per heavy atom. The molecule has 0 fully saturated rings. The topological polar surface area (TPSA) is 24.7 Å². The molecule has 0 bridgehead atoms. The summed E-state index contributed by atoms with van der Waals surface area (Å²) in [7, 11) is 0. The maximum absolute atomic E-state index is 3.73. The molecule has 0 aliphatic heterocycles. The first-order chi connectivity index (χ1) is 6.02. The van der Waals surface area contributed by atoms with Gasteiger partial charge < -0.3 is 0 Å². The first-order valence-corrected chi connectivity index (χ1v) is 4.68. The first kappa shape index (κ1) is 14.6. The van der Waals surface area contributed by atoms with Crippen molar-refractivity contribution in [3.63, 3.8) is 0 Å². The minimum absolute atomic E-state index is 0.142. The molecule has 76 valence electrons. The molecule has 0 atom stereocenters. The van der Waals surface area contributed by atoms with Crippen molar-refractivity contribution in [1.29, 1.82) is 0 Å². The molecule has 0 aliphatic rings. The van der Waals surface area contributed by atoms with Gasteiger partial charge in [-0.2, -0.15) is 10.2 Å². The predicted octanol–water partition coefficient (Wildman–Crippen LogP) is 3.69. The zero-order valence-corrected chi connectivity index (χ0v) is 9.76. The van der Waals surface area contributed by atoms with Gasteiger partial charge >= 0.3 is 0 Å². The van der Waals surface area contributed by atoms with E-state index >= 15 is 0 Å². The van der Waals surface area contributed by atoms with Crippen molar-refractivity contribution in [2.24, 2.45) is 15.6 Å². The fraction of sp³-hybridized carbons (Fsp3) is 0.636. The van der Waals surface area contributed by atoms with Crippen molar-refractivity contribution in [2.45, 2.75) is 41.5 Å². The number of hydrogen-bond acceptors (Lipinski definition) is 2. The highest BCUT2D eigenvalue weighted by atomic mass is 15.2. The molecule has 0 N–H and O–H groups in total. The summed E-state index contributed by atoms with van der Waals surface area (Å²) in [6, 6.07) is 0. The van der Waals surface area contributed by atoms with Crippen LogP contribution in [0, 0.1) is 5.41 Å². The number of allylic oxidation sites excluding steroid dienone is 2. The highest BCUT2D eigenvalue weighted by molar-refractivity contribution is 5.79. The lowest BCUT2D eigenvalue weighted by Crippen LogP contribution is -2.09. The Labute approximate surface area is 82.5 Å². The van der Waals surface area contributed by atoms with Crippen molar-refractivity contribution >= 4 is 12.9 Å². The molecule has 0 spiro atoms. The fourth-order valence-corrected chi connectivity index (χ4v) is 0.804. The Balaban J connectivity index is 0. The zero-order chi connectivity index (χ0) is 10.9. The van der Waals surface area contributed by atoms with Crippen LogP contribution in [0.1, 0.15) is 41.5 Å². The normalized spacial score (nSPS) is 12.3. The molecule has 13 heavy (non-hydrogen) atoms. The molecule has 2 nitrogen and oxygen atoms in total. The van der Waals surface area contributed by atoms with Crippen LogP contribution in [0.3, 0.4) is 0 Å². The summed E-state index contributed by atoms with van der Waals surface area (Å²) in [6.45, 7) is 15.7. The van der Waals surface area contributed by atoms with E-state index in [1.807, 2.05) is 26.8 Å². The second kappa shape index (κ2) is 7.71. The van der Waals surface area contributed by atoms with E-state index in [1.165, 1.54) is 5.57 Å². The SMILES string of the molecule is C=N/N=C\C(=C/C)C(C)(C)C.CC. The van der Waals surface area contributed by atoms with Crippen LogP contribution in [0.5, 0.6) is 0 Å². The number of hydrogen-bond donors (Lipinski definition) is 0. The van der Waals surface area contributed by atoms with Crippen LogP contribution < -0.4 is 0 Å². The van der Waals surface area contributed by atoms with E-state index in [0.29, 0.717) is 0 Å². The quantitative estimate of drug-likeness (QED) is 0.459. The van der Waals surface area contributed by atoms with E-state index in [-0.39, 0.29) is 5.41 Å². The van der Waals surface area contributed by atoms with Crippen LogP contribution in [0.2, 0.25) is 0 Å². The molecule has 0 aromatic carbocycles. The molecule has 0 saturated heterocycles. The van der Waals surface area contributed by atoms with E-state index in [4.69, 9.17) is 0 Å². The summed E-state index contributed by atoms with van der Waals surface area (Å²) >= 11 is 0. The molecule has 0 aromatic heterocycles. The lowest BCUT2D eigenvalue weighted by Gasteiger charge is -2.18. The Morgan fingerprint density at radius 2 is 1.69 bits per heavy atom. The molecule has 0 amide bonds. The maximum atomic E-state index is 3.73. The summed E-state index contributed by atoms with van der Waals surface area (Å²) in [6.07, 6.45) is 3.78. The highest BCUT2D eigenvalue weighted by Crippen LogP contribution is 2.23. The van der Waals surface area contributed by atoms with Gasteiger partial charge in [0.05, 0.1) is 6.21 Å². The first-order valence-electron chi connectivity index (χ1n) is 4.68. The summed E-state index contributed by atoms with van der Waals surface area (Å²) in [5.41, 5.74) is 1.31. The average molecular weight is 182 g/mol. The van der Waals surface area contributed by atoms with Crippen LogP contribution in [-0.4, -0.2) is 12.9 Å². The van der Waals surface area contributed by atoms with Gasteiger partial charge in [-0.15, -0.1) is 0 Å². The van der Waals surface area contributed by atoms with Crippen LogP contribution >= 0.6 is 0 Å².